The molecule has 6 heteroatoms. The Balaban J connectivity index is 1.61. The molecule has 0 atom stereocenters. The van der Waals surface area contributed by atoms with Crippen molar-refractivity contribution in [2.75, 3.05) is 11.4 Å². The maximum Gasteiger partial charge on any atom is 0.249 e. The van der Waals surface area contributed by atoms with Crippen LogP contribution >= 0.6 is 0 Å². The number of carbonyl (C=O) groups excluding carboxylic acids is 1. The lowest BCUT2D eigenvalue weighted by Crippen LogP contribution is -2.30. The number of nitrogens with two attached hydrogens (primary N) is 1. The number of nitrogens with zero attached hydrogens (tertiary/aromatic N) is 3. The number of fused-ring (bicyclic) bond motifs is 1. The number of anilines is 1. The minimum Gasteiger partial charge on any atom is -0.366 e. The van der Waals surface area contributed by atoms with Gasteiger partial charge in [0.1, 0.15) is 0 Å². The number of hydrogen-bond donors (Lipinski definition) is 1. The molecule has 2 aliphatic rings. The lowest BCUT2D eigenvalue weighted by atomic mass is 9.96. The molecule has 2 heterocycles. The normalized spacial score (nSPS) is 17.4. The van der Waals surface area contributed by atoms with E-state index in [1.54, 1.807) is 6.07 Å². The van der Waals surface area contributed by atoms with Crippen LogP contribution in [0, 0.1) is 0 Å². The van der Waals surface area contributed by atoms with Gasteiger partial charge in [-0.3, -0.25) is 4.79 Å². The average molecular weight is 298 g/mol. The van der Waals surface area contributed by atoms with Gasteiger partial charge in [0.15, 0.2) is 5.82 Å². The van der Waals surface area contributed by atoms with Gasteiger partial charge in [0.05, 0.1) is 6.54 Å². The third kappa shape index (κ3) is 2.34. The monoisotopic (exact) mass is 298 g/mol. The number of amides is 1. The molecule has 1 saturated carbocycles. The summed E-state index contributed by atoms with van der Waals surface area (Å²) >= 11 is 0. The van der Waals surface area contributed by atoms with Crippen molar-refractivity contribution in [2.45, 2.75) is 38.1 Å². The number of aromatic nitrogens is 2. The van der Waals surface area contributed by atoms with Crippen molar-refractivity contribution in [3.8, 4) is 0 Å². The quantitative estimate of drug-likeness (QED) is 0.933. The third-order valence-corrected chi connectivity index (χ3v) is 4.36. The van der Waals surface area contributed by atoms with Gasteiger partial charge >= 0.3 is 0 Å². The molecule has 1 aromatic carbocycles. The fourth-order valence-corrected chi connectivity index (χ4v) is 3.10. The van der Waals surface area contributed by atoms with E-state index in [0.29, 0.717) is 23.9 Å². The van der Waals surface area contributed by atoms with Crippen molar-refractivity contribution in [1.82, 2.24) is 10.1 Å². The second kappa shape index (κ2) is 5.12. The van der Waals surface area contributed by atoms with Crippen molar-refractivity contribution in [3.05, 3.63) is 41.0 Å². The van der Waals surface area contributed by atoms with Gasteiger partial charge < -0.3 is 15.2 Å². The lowest BCUT2D eigenvalue weighted by molar-refractivity contribution is 0.0999. The zero-order valence-corrected chi connectivity index (χ0v) is 12.3. The van der Waals surface area contributed by atoms with Gasteiger partial charge in [0, 0.05) is 23.7 Å². The first kappa shape index (κ1) is 13.3. The smallest absolute Gasteiger partial charge is 0.249 e. The Morgan fingerprint density at radius 2 is 2.27 bits per heavy atom. The highest BCUT2D eigenvalue weighted by Crippen LogP contribution is 2.38. The fraction of sp³-hybridized carbons (Fsp3) is 0.438. The Bertz CT molecular complexity index is 721. The van der Waals surface area contributed by atoms with Crippen LogP contribution < -0.4 is 10.6 Å². The summed E-state index contributed by atoms with van der Waals surface area (Å²) in [6, 6.07) is 5.70. The molecule has 0 radical (unpaired) electrons. The molecule has 6 nitrogen and oxygen atoms in total. The molecule has 1 fully saturated rings. The van der Waals surface area contributed by atoms with E-state index in [1.165, 1.54) is 0 Å². The van der Waals surface area contributed by atoms with E-state index in [2.05, 4.69) is 15.0 Å². The summed E-state index contributed by atoms with van der Waals surface area (Å²) in [4.78, 5) is 18.3. The molecule has 22 heavy (non-hydrogen) atoms. The Hall–Kier alpha value is -2.37. The van der Waals surface area contributed by atoms with Gasteiger partial charge in [0.25, 0.3) is 0 Å². The molecule has 0 spiro atoms. The Morgan fingerprint density at radius 3 is 3.05 bits per heavy atom. The van der Waals surface area contributed by atoms with Crippen LogP contribution in [0.4, 0.5) is 5.69 Å². The molecule has 2 aromatic rings. The van der Waals surface area contributed by atoms with Crippen LogP contribution in [0.3, 0.4) is 0 Å². The summed E-state index contributed by atoms with van der Waals surface area (Å²) in [5.74, 6) is 1.59. The lowest BCUT2D eigenvalue weighted by Gasteiger charge is -2.31. The highest BCUT2D eigenvalue weighted by atomic mass is 16.5. The molecular weight excluding hydrogens is 280 g/mol. The summed E-state index contributed by atoms with van der Waals surface area (Å²) in [7, 11) is 0. The first-order valence-corrected chi connectivity index (χ1v) is 7.71. The van der Waals surface area contributed by atoms with Crippen LogP contribution in [0.25, 0.3) is 0 Å². The topological polar surface area (TPSA) is 85.3 Å². The second-order valence-electron chi connectivity index (χ2n) is 6.01. The van der Waals surface area contributed by atoms with Gasteiger partial charge in [-0.2, -0.15) is 4.98 Å². The van der Waals surface area contributed by atoms with Crippen molar-refractivity contribution in [2.24, 2.45) is 5.73 Å². The molecule has 0 saturated heterocycles. The molecule has 1 aromatic heterocycles. The minimum atomic E-state index is -0.368. The SMILES string of the molecule is NC(=O)c1cccc2c1CCCN2Cc1nc(C2CC2)no1. The van der Waals surface area contributed by atoms with Crippen LogP contribution in [0.5, 0.6) is 0 Å². The van der Waals surface area contributed by atoms with Gasteiger partial charge in [-0.25, -0.2) is 0 Å². The largest absolute Gasteiger partial charge is 0.366 e. The molecule has 2 N–H and O–H groups in total. The summed E-state index contributed by atoms with van der Waals surface area (Å²) in [6.45, 7) is 1.49. The summed E-state index contributed by atoms with van der Waals surface area (Å²) in [5, 5.41) is 4.06. The van der Waals surface area contributed by atoms with Crippen LogP contribution in [-0.2, 0) is 13.0 Å². The maximum absolute atomic E-state index is 11.6. The first-order chi connectivity index (χ1) is 10.7. The van der Waals surface area contributed by atoms with Crippen LogP contribution in [0.1, 0.15) is 52.8 Å². The number of carbonyl (C=O) groups is 1. The molecule has 1 amide bonds. The highest BCUT2D eigenvalue weighted by Gasteiger charge is 2.29. The van der Waals surface area contributed by atoms with Gasteiger partial charge in [-0.1, -0.05) is 11.2 Å². The van der Waals surface area contributed by atoms with E-state index < -0.39 is 0 Å². The van der Waals surface area contributed by atoms with Crippen LogP contribution in [0.15, 0.2) is 22.7 Å². The maximum atomic E-state index is 11.6. The zero-order chi connectivity index (χ0) is 15.1. The molecule has 1 aliphatic carbocycles. The zero-order valence-electron chi connectivity index (χ0n) is 12.3. The van der Waals surface area contributed by atoms with Crippen molar-refractivity contribution in [1.29, 1.82) is 0 Å². The van der Waals surface area contributed by atoms with Crippen molar-refractivity contribution in [3.63, 3.8) is 0 Å². The van der Waals surface area contributed by atoms with Gasteiger partial charge in [-0.05, 0) is 43.4 Å². The average Bonchev–Trinajstić information content (AvgIpc) is 3.27. The van der Waals surface area contributed by atoms with E-state index in [-0.39, 0.29) is 5.91 Å². The Kier molecular flexibility index (Phi) is 3.10. The summed E-state index contributed by atoms with van der Waals surface area (Å²) in [5.41, 5.74) is 8.18. The highest BCUT2D eigenvalue weighted by molar-refractivity contribution is 5.96. The number of rotatable bonds is 4. The molecule has 0 unspecified atom stereocenters. The van der Waals surface area contributed by atoms with Crippen molar-refractivity contribution < 1.29 is 9.32 Å². The van der Waals surface area contributed by atoms with E-state index >= 15 is 0 Å². The van der Waals surface area contributed by atoms with Crippen LogP contribution in [0.2, 0.25) is 0 Å². The number of primary amides is 1. The van der Waals surface area contributed by atoms with Gasteiger partial charge in [0.2, 0.25) is 11.8 Å². The third-order valence-electron chi connectivity index (χ3n) is 4.36. The van der Waals surface area contributed by atoms with E-state index in [0.717, 1.165) is 49.3 Å². The number of hydrogen-bond acceptors (Lipinski definition) is 5. The predicted octanol–water partition coefficient (Wildman–Crippen LogP) is 2.00. The molecule has 114 valence electrons. The predicted molar refractivity (Wildman–Crippen MR) is 80.6 cm³/mol. The standard InChI is InChI=1S/C16H18N4O2/c17-15(21)12-3-1-5-13-11(12)4-2-8-20(13)9-14-18-16(19-22-14)10-6-7-10/h1,3,5,10H,2,4,6-9H2,(H2,17,21). The van der Waals surface area contributed by atoms with Crippen LogP contribution in [-0.4, -0.2) is 22.6 Å². The van der Waals surface area contributed by atoms with E-state index in [4.69, 9.17) is 10.3 Å². The first-order valence-electron chi connectivity index (χ1n) is 7.71. The number of benzene rings is 1. The molecular formula is C16H18N4O2. The van der Waals surface area contributed by atoms with E-state index in [9.17, 15) is 4.79 Å². The molecule has 0 bridgehead atoms. The molecule has 1 aliphatic heterocycles. The summed E-state index contributed by atoms with van der Waals surface area (Å²) in [6.07, 6.45) is 4.18. The summed E-state index contributed by atoms with van der Waals surface area (Å²) < 4.78 is 5.37. The Morgan fingerprint density at radius 1 is 1.41 bits per heavy atom. The van der Waals surface area contributed by atoms with E-state index in [1.807, 2.05) is 12.1 Å². The minimum absolute atomic E-state index is 0.368. The Labute approximate surface area is 128 Å². The fourth-order valence-electron chi connectivity index (χ4n) is 3.10. The van der Waals surface area contributed by atoms with Gasteiger partial charge in [-0.15, -0.1) is 0 Å². The second-order valence-corrected chi connectivity index (χ2v) is 6.01. The molecule has 4 rings (SSSR count). The van der Waals surface area contributed by atoms with Crippen molar-refractivity contribution >= 4 is 11.6 Å².